The molecular formula is C25H19N7S. The topological polar surface area (TPSA) is 80.9 Å². The molecule has 0 fully saturated rings. The van der Waals surface area contributed by atoms with Crippen molar-refractivity contribution in [3.05, 3.63) is 90.5 Å². The van der Waals surface area contributed by atoms with Gasteiger partial charge in [0.05, 0.1) is 11.4 Å². The predicted octanol–water partition coefficient (Wildman–Crippen LogP) is 5.64. The average molecular weight is 450 g/mol. The highest BCUT2D eigenvalue weighted by Gasteiger charge is 2.20. The maximum atomic E-state index is 4.95. The molecule has 0 saturated carbocycles. The second-order valence-corrected chi connectivity index (χ2v) is 8.54. The molecule has 7 nitrogen and oxygen atoms in total. The monoisotopic (exact) mass is 449 g/mol. The van der Waals surface area contributed by atoms with E-state index in [1.807, 2.05) is 59.1 Å². The minimum Gasteiger partial charge on any atom is -0.360 e. The Morgan fingerprint density at radius 3 is 2.61 bits per heavy atom. The molecule has 0 spiro atoms. The van der Waals surface area contributed by atoms with Gasteiger partial charge in [-0.25, -0.2) is 9.97 Å². The molecule has 8 heteroatoms. The van der Waals surface area contributed by atoms with Crippen LogP contribution in [0.25, 0.3) is 38.4 Å². The zero-order valence-corrected chi connectivity index (χ0v) is 18.6. The van der Waals surface area contributed by atoms with Gasteiger partial charge in [0.15, 0.2) is 17.3 Å². The summed E-state index contributed by atoms with van der Waals surface area (Å²) in [6.45, 7) is 2.07. The number of fused-ring (bicyclic) bond motifs is 2. The first kappa shape index (κ1) is 19.5. The number of rotatable bonds is 5. The summed E-state index contributed by atoms with van der Waals surface area (Å²) in [5.74, 6) is 2.22. The molecule has 5 heterocycles. The van der Waals surface area contributed by atoms with Crippen molar-refractivity contribution in [2.45, 2.75) is 13.0 Å². The van der Waals surface area contributed by atoms with Crippen LogP contribution in [-0.2, 0) is 0 Å². The molecule has 0 aliphatic heterocycles. The van der Waals surface area contributed by atoms with Gasteiger partial charge in [0.25, 0.3) is 0 Å². The maximum absolute atomic E-state index is 4.95. The lowest BCUT2D eigenvalue weighted by atomic mass is 10.1. The van der Waals surface area contributed by atoms with Crippen LogP contribution < -0.4 is 5.32 Å². The minimum absolute atomic E-state index is 0.134. The number of aromatic nitrogens is 6. The summed E-state index contributed by atoms with van der Waals surface area (Å²) in [5, 5.41) is 15.5. The standard InChI is InChI=1S/C25H19N7S/c1-16(24-31-30-20-11-5-6-13-32(20)24)27-23-21-19(17-8-3-2-4-9-17)15-33-25(21)29-22(28-23)18-10-7-12-26-14-18/h2-16H,1H3,(H,27,28,29). The smallest absolute Gasteiger partial charge is 0.164 e. The average Bonchev–Trinajstić information content (AvgIpc) is 3.50. The molecule has 0 saturated heterocycles. The van der Waals surface area contributed by atoms with Crippen LogP contribution in [0.1, 0.15) is 18.8 Å². The Labute approximate surface area is 193 Å². The third-order valence-electron chi connectivity index (χ3n) is 5.52. The number of pyridine rings is 2. The van der Waals surface area contributed by atoms with Gasteiger partial charge >= 0.3 is 0 Å². The lowest BCUT2D eigenvalue weighted by Gasteiger charge is -2.15. The van der Waals surface area contributed by atoms with Gasteiger partial charge in [0, 0.05) is 35.1 Å². The predicted molar refractivity (Wildman–Crippen MR) is 131 cm³/mol. The molecule has 33 heavy (non-hydrogen) atoms. The van der Waals surface area contributed by atoms with Crippen LogP contribution in [0.15, 0.2) is 84.6 Å². The minimum atomic E-state index is -0.134. The fourth-order valence-electron chi connectivity index (χ4n) is 3.93. The SMILES string of the molecule is CC(Nc1nc(-c2cccnc2)nc2scc(-c3ccccc3)c12)c1nnc2ccccn12. The fourth-order valence-corrected chi connectivity index (χ4v) is 4.87. The Morgan fingerprint density at radius 1 is 0.909 bits per heavy atom. The van der Waals surface area contributed by atoms with Crippen molar-refractivity contribution in [1.29, 1.82) is 0 Å². The number of nitrogens with zero attached hydrogens (tertiary/aromatic N) is 6. The van der Waals surface area contributed by atoms with Crippen molar-refractivity contribution in [3.8, 4) is 22.5 Å². The molecule has 1 unspecified atom stereocenters. The van der Waals surface area contributed by atoms with Crippen LogP contribution in [0, 0.1) is 0 Å². The molecule has 5 aromatic heterocycles. The van der Waals surface area contributed by atoms with E-state index < -0.39 is 0 Å². The van der Waals surface area contributed by atoms with E-state index in [0.717, 1.165) is 44.2 Å². The summed E-state index contributed by atoms with van der Waals surface area (Å²) in [6, 6.07) is 19.9. The summed E-state index contributed by atoms with van der Waals surface area (Å²) >= 11 is 1.61. The second kappa shape index (κ2) is 8.07. The zero-order chi connectivity index (χ0) is 22.2. The molecule has 1 atom stereocenters. The van der Waals surface area contributed by atoms with Crippen LogP contribution in [-0.4, -0.2) is 29.5 Å². The third kappa shape index (κ3) is 3.50. The number of hydrogen-bond acceptors (Lipinski definition) is 7. The summed E-state index contributed by atoms with van der Waals surface area (Å²) < 4.78 is 1.99. The van der Waals surface area contributed by atoms with E-state index in [9.17, 15) is 0 Å². The van der Waals surface area contributed by atoms with Crippen LogP contribution in [0.3, 0.4) is 0 Å². The van der Waals surface area contributed by atoms with E-state index in [2.05, 4.69) is 44.9 Å². The molecule has 6 aromatic rings. The van der Waals surface area contributed by atoms with Crippen LogP contribution >= 0.6 is 11.3 Å². The largest absolute Gasteiger partial charge is 0.360 e. The molecule has 6 rings (SSSR count). The summed E-state index contributed by atoms with van der Waals surface area (Å²) in [5.41, 5.74) is 3.92. The van der Waals surface area contributed by atoms with E-state index in [0.29, 0.717) is 5.82 Å². The molecule has 160 valence electrons. The molecule has 0 amide bonds. The van der Waals surface area contributed by atoms with Gasteiger partial charge in [-0.1, -0.05) is 36.4 Å². The molecule has 1 aromatic carbocycles. The number of anilines is 1. The van der Waals surface area contributed by atoms with E-state index in [1.165, 1.54) is 0 Å². The first-order chi connectivity index (χ1) is 16.3. The second-order valence-electron chi connectivity index (χ2n) is 7.69. The Balaban J connectivity index is 1.51. The highest BCUT2D eigenvalue weighted by Crippen LogP contribution is 2.39. The summed E-state index contributed by atoms with van der Waals surface area (Å²) in [7, 11) is 0. The lowest BCUT2D eigenvalue weighted by molar-refractivity contribution is 0.769. The van der Waals surface area contributed by atoms with Gasteiger partial charge in [0.2, 0.25) is 0 Å². The van der Waals surface area contributed by atoms with Crippen molar-refractivity contribution in [2.24, 2.45) is 0 Å². The molecular weight excluding hydrogens is 430 g/mol. The normalized spacial score (nSPS) is 12.3. The highest BCUT2D eigenvalue weighted by atomic mass is 32.1. The quantitative estimate of drug-likeness (QED) is 0.367. The van der Waals surface area contributed by atoms with Crippen molar-refractivity contribution < 1.29 is 0 Å². The van der Waals surface area contributed by atoms with Crippen molar-refractivity contribution in [2.75, 3.05) is 5.32 Å². The molecule has 1 N–H and O–H groups in total. The summed E-state index contributed by atoms with van der Waals surface area (Å²) in [6.07, 6.45) is 5.50. The Morgan fingerprint density at radius 2 is 1.76 bits per heavy atom. The molecule has 0 radical (unpaired) electrons. The highest BCUT2D eigenvalue weighted by molar-refractivity contribution is 7.17. The maximum Gasteiger partial charge on any atom is 0.164 e. The Hall–Kier alpha value is -4.17. The number of thiophene rings is 1. The lowest BCUT2D eigenvalue weighted by Crippen LogP contribution is -2.12. The van der Waals surface area contributed by atoms with E-state index in [-0.39, 0.29) is 6.04 Å². The van der Waals surface area contributed by atoms with Crippen molar-refractivity contribution in [3.63, 3.8) is 0 Å². The number of nitrogens with one attached hydrogen (secondary N) is 1. The first-order valence-corrected chi connectivity index (χ1v) is 11.5. The van der Waals surface area contributed by atoms with Crippen LogP contribution in [0.2, 0.25) is 0 Å². The van der Waals surface area contributed by atoms with Crippen LogP contribution in [0.4, 0.5) is 5.82 Å². The molecule has 0 bridgehead atoms. The van der Waals surface area contributed by atoms with E-state index in [1.54, 1.807) is 23.7 Å². The Kier molecular flexibility index (Phi) is 4.77. The van der Waals surface area contributed by atoms with E-state index in [4.69, 9.17) is 9.97 Å². The fraction of sp³-hybridized carbons (Fsp3) is 0.0800. The van der Waals surface area contributed by atoms with Gasteiger partial charge in [-0.3, -0.25) is 9.38 Å². The Bertz CT molecular complexity index is 1560. The summed E-state index contributed by atoms with van der Waals surface area (Å²) in [4.78, 5) is 15.0. The number of benzene rings is 1. The van der Waals surface area contributed by atoms with Gasteiger partial charge in [0.1, 0.15) is 10.6 Å². The van der Waals surface area contributed by atoms with Crippen molar-refractivity contribution >= 4 is 33.0 Å². The van der Waals surface area contributed by atoms with Gasteiger partial charge in [-0.2, -0.15) is 0 Å². The number of hydrogen-bond donors (Lipinski definition) is 1. The molecule has 0 aliphatic rings. The van der Waals surface area contributed by atoms with Crippen molar-refractivity contribution in [1.82, 2.24) is 29.5 Å². The first-order valence-electron chi connectivity index (χ1n) is 10.6. The molecule has 0 aliphatic carbocycles. The van der Waals surface area contributed by atoms with E-state index >= 15 is 0 Å². The zero-order valence-electron chi connectivity index (χ0n) is 17.8. The van der Waals surface area contributed by atoms with Gasteiger partial charge in [-0.15, -0.1) is 21.5 Å². The van der Waals surface area contributed by atoms with Crippen LogP contribution in [0.5, 0.6) is 0 Å². The van der Waals surface area contributed by atoms with Gasteiger partial charge in [-0.05, 0) is 36.8 Å². The third-order valence-corrected chi connectivity index (χ3v) is 6.39. The van der Waals surface area contributed by atoms with Gasteiger partial charge < -0.3 is 5.32 Å².